The summed E-state index contributed by atoms with van der Waals surface area (Å²) in [4.78, 5) is 11.0. The van der Waals surface area contributed by atoms with Gasteiger partial charge in [0.05, 0.1) is 0 Å². The standard InChI is InChI=1S/C13H18O2.ClH/c1-4-13(14)15-12-7-5-11(6-8-12)9-10(2)3;/h5-8,10H,4,9H2,1-3H3;1H. The van der Waals surface area contributed by atoms with Crippen molar-refractivity contribution in [1.29, 1.82) is 0 Å². The highest BCUT2D eigenvalue weighted by atomic mass is 35.5. The molecule has 0 saturated heterocycles. The summed E-state index contributed by atoms with van der Waals surface area (Å²) in [7, 11) is 0. The lowest BCUT2D eigenvalue weighted by atomic mass is 10.0. The first-order valence-electron chi connectivity index (χ1n) is 5.41. The van der Waals surface area contributed by atoms with Gasteiger partial charge in [0.15, 0.2) is 0 Å². The van der Waals surface area contributed by atoms with Gasteiger partial charge in [0.25, 0.3) is 0 Å². The summed E-state index contributed by atoms with van der Waals surface area (Å²) >= 11 is 0. The Morgan fingerprint density at radius 1 is 1.25 bits per heavy atom. The van der Waals surface area contributed by atoms with Gasteiger partial charge >= 0.3 is 5.97 Å². The van der Waals surface area contributed by atoms with Crippen molar-refractivity contribution in [1.82, 2.24) is 0 Å². The molecule has 0 unspecified atom stereocenters. The monoisotopic (exact) mass is 242 g/mol. The molecular formula is C13H19ClO2. The minimum Gasteiger partial charge on any atom is -0.427 e. The number of benzene rings is 1. The molecule has 1 rings (SSSR count). The molecule has 0 saturated carbocycles. The maximum atomic E-state index is 11.0. The van der Waals surface area contributed by atoms with E-state index in [0.29, 0.717) is 18.1 Å². The summed E-state index contributed by atoms with van der Waals surface area (Å²) in [5.41, 5.74) is 1.28. The van der Waals surface area contributed by atoms with Crippen LogP contribution in [0.25, 0.3) is 0 Å². The summed E-state index contributed by atoms with van der Waals surface area (Å²) in [6.45, 7) is 6.16. The van der Waals surface area contributed by atoms with Crippen molar-refractivity contribution >= 4 is 18.4 Å². The molecule has 0 radical (unpaired) electrons. The predicted molar refractivity (Wildman–Crippen MR) is 68.2 cm³/mol. The summed E-state index contributed by atoms with van der Waals surface area (Å²) in [6, 6.07) is 7.73. The van der Waals surface area contributed by atoms with E-state index in [2.05, 4.69) is 13.8 Å². The summed E-state index contributed by atoms with van der Waals surface area (Å²) < 4.78 is 5.08. The van der Waals surface area contributed by atoms with Crippen LogP contribution in [0.3, 0.4) is 0 Å². The van der Waals surface area contributed by atoms with Gasteiger partial charge in [0, 0.05) is 6.42 Å². The zero-order valence-corrected chi connectivity index (χ0v) is 10.8. The van der Waals surface area contributed by atoms with Crippen molar-refractivity contribution in [3.8, 4) is 5.75 Å². The van der Waals surface area contributed by atoms with E-state index < -0.39 is 0 Å². The molecule has 0 atom stereocenters. The molecule has 0 N–H and O–H groups in total. The Kier molecular flexibility index (Phi) is 6.82. The number of rotatable bonds is 4. The van der Waals surface area contributed by atoms with E-state index in [1.165, 1.54) is 5.56 Å². The molecule has 0 aromatic heterocycles. The fourth-order valence-electron chi connectivity index (χ4n) is 1.37. The molecule has 0 fully saturated rings. The maximum absolute atomic E-state index is 11.0. The molecule has 3 heteroatoms. The number of esters is 1. The average molecular weight is 243 g/mol. The number of carbonyl (C=O) groups is 1. The van der Waals surface area contributed by atoms with Gasteiger partial charge in [-0.15, -0.1) is 12.4 Å². The molecule has 0 amide bonds. The van der Waals surface area contributed by atoms with Crippen LogP contribution in [0.1, 0.15) is 32.8 Å². The quantitative estimate of drug-likeness (QED) is 0.596. The largest absolute Gasteiger partial charge is 0.427 e. The highest BCUT2D eigenvalue weighted by Crippen LogP contribution is 2.15. The van der Waals surface area contributed by atoms with E-state index in [1.54, 1.807) is 6.92 Å². The van der Waals surface area contributed by atoms with E-state index in [9.17, 15) is 4.79 Å². The van der Waals surface area contributed by atoms with E-state index in [-0.39, 0.29) is 18.4 Å². The van der Waals surface area contributed by atoms with E-state index >= 15 is 0 Å². The van der Waals surface area contributed by atoms with Crippen LogP contribution in [0.15, 0.2) is 24.3 Å². The van der Waals surface area contributed by atoms with Gasteiger partial charge in [-0.3, -0.25) is 4.79 Å². The third kappa shape index (κ3) is 5.17. The van der Waals surface area contributed by atoms with Crippen LogP contribution in [-0.2, 0) is 11.2 Å². The molecule has 1 aromatic rings. The van der Waals surface area contributed by atoms with Crippen LogP contribution in [0.5, 0.6) is 5.75 Å². The second-order valence-corrected chi connectivity index (χ2v) is 4.07. The van der Waals surface area contributed by atoms with E-state index in [1.807, 2.05) is 24.3 Å². The minimum atomic E-state index is -0.188. The molecule has 0 heterocycles. The normalized spacial score (nSPS) is 9.75. The smallest absolute Gasteiger partial charge is 0.310 e. The predicted octanol–water partition coefficient (Wildman–Crippen LogP) is 3.62. The third-order valence-electron chi connectivity index (χ3n) is 2.09. The lowest BCUT2D eigenvalue weighted by molar-refractivity contribution is -0.134. The Morgan fingerprint density at radius 3 is 2.25 bits per heavy atom. The molecule has 1 aromatic carbocycles. The van der Waals surface area contributed by atoms with Gasteiger partial charge in [-0.25, -0.2) is 0 Å². The number of carbonyl (C=O) groups excluding carboxylic acids is 1. The first kappa shape index (κ1) is 15.0. The maximum Gasteiger partial charge on any atom is 0.310 e. The third-order valence-corrected chi connectivity index (χ3v) is 2.09. The fraction of sp³-hybridized carbons (Fsp3) is 0.462. The molecule has 0 aliphatic rings. The SMILES string of the molecule is CCC(=O)Oc1ccc(CC(C)C)cc1.Cl. The lowest BCUT2D eigenvalue weighted by Crippen LogP contribution is -2.05. The van der Waals surface area contributed by atoms with Crippen molar-refractivity contribution in [2.75, 3.05) is 0 Å². The fourth-order valence-corrected chi connectivity index (χ4v) is 1.37. The Labute approximate surface area is 103 Å². The molecule has 0 aliphatic carbocycles. The minimum absolute atomic E-state index is 0. The first-order valence-corrected chi connectivity index (χ1v) is 5.41. The van der Waals surface area contributed by atoms with Gasteiger partial charge in [-0.1, -0.05) is 32.9 Å². The van der Waals surface area contributed by atoms with Crippen LogP contribution in [0.2, 0.25) is 0 Å². The molecule has 0 bridgehead atoms. The number of hydrogen-bond acceptors (Lipinski definition) is 2. The van der Waals surface area contributed by atoms with Gasteiger partial charge < -0.3 is 4.74 Å². The molecule has 2 nitrogen and oxygen atoms in total. The van der Waals surface area contributed by atoms with Crippen molar-refractivity contribution in [3.63, 3.8) is 0 Å². The van der Waals surface area contributed by atoms with Crippen molar-refractivity contribution < 1.29 is 9.53 Å². The van der Waals surface area contributed by atoms with E-state index in [4.69, 9.17) is 4.74 Å². The Hall–Kier alpha value is -1.02. The van der Waals surface area contributed by atoms with Gasteiger partial charge in [-0.05, 0) is 30.0 Å². The van der Waals surface area contributed by atoms with Crippen LogP contribution >= 0.6 is 12.4 Å². The van der Waals surface area contributed by atoms with Crippen LogP contribution in [0, 0.1) is 5.92 Å². The molecular weight excluding hydrogens is 224 g/mol. The second-order valence-electron chi connectivity index (χ2n) is 4.07. The Bertz CT molecular complexity index is 317. The van der Waals surface area contributed by atoms with Gasteiger partial charge in [0.1, 0.15) is 5.75 Å². The van der Waals surface area contributed by atoms with Crippen LogP contribution < -0.4 is 4.74 Å². The molecule has 0 spiro atoms. The van der Waals surface area contributed by atoms with Gasteiger partial charge in [-0.2, -0.15) is 0 Å². The molecule has 90 valence electrons. The summed E-state index contributed by atoms with van der Waals surface area (Å²) in [6.07, 6.45) is 1.47. The second kappa shape index (κ2) is 7.29. The van der Waals surface area contributed by atoms with Crippen molar-refractivity contribution in [3.05, 3.63) is 29.8 Å². The first-order chi connectivity index (χ1) is 7.11. The lowest BCUT2D eigenvalue weighted by Gasteiger charge is -2.06. The van der Waals surface area contributed by atoms with Gasteiger partial charge in [0.2, 0.25) is 0 Å². The van der Waals surface area contributed by atoms with Crippen LogP contribution in [-0.4, -0.2) is 5.97 Å². The summed E-state index contributed by atoms with van der Waals surface area (Å²) in [5, 5.41) is 0. The zero-order valence-electron chi connectivity index (χ0n) is 10.0. The number of hydrogen-bond donors (Lipinski definition) is 0. The average Bonchev–Trinajstić information content (AvgIpc) is 2.20. The zero-order chi connectivity index (χ0) is 11.3. The number of halogens is 1. The summed E-state index contributed by atoms with van der Waals surface area (Å²) in [5.74, 6) is 1.09. The molecule has 0 aliphatic heterocycles. The Balaban J connectivity index is 0.00000225. The van der Waals surface area contributed by atoms with Crippen molar-refractivity contribution in [2.45, 2.75) is 33.6 Å². The topological polar surface area (TPSA) is 26.3 Å². The highest BCUT2D eigenvalue weighted by molar-refractivity contribution is 5.85. The van der Waals surface area contributed by atoms with Crippen molar-refractivity contribution in [2.24, 2.45) is 5.92 Å². The van der Waals surface area contributed by atoms with E-state index in [0.717, 1.165) is 6.42 Å². The Morgan fingerprint density at radius 2 is 1.81 bits per heavy atom. The molecule has 16 heavy (non-hydrogen) atoms. The van der Waals surface area contributed by atoms with Crippen LogP contribution in [0.4, 0.5) is 0 Å². The highest BCUT2D eigenvalue weighted by Gasteiger charge is 2.02. The number of ether oxygens (including phenoxy) is 1.